The van der Waals surface area contributed by atoms with Crippen molar-refractivity contribution in [3.05, 3.63) is 0 Å². The fourth-order valence-electron chi connectivity index (χ4n) is 0.561. The van der Waals surface area contributed by atoms with Crippen LogP contribution in [0.5, 0.6) is 0 Å². The third-order valence-electron chi connectivity index (χ3n) is 1.01. The lowest BCUT2D eigenvalue weighted by Gasteiger charge is -1.97. The fraction of sp³-hybridized carbons (Fsp3) is 1.00. The van der Waals surface area contributed by atoms with E-state index in [4.69, 9.17) is 9.20 Å². The highest BCUT2D eigenvalue weighted by atomic mass is 31.2. The Bertz CT molecular complexity index is 118. The molecule has 0 saturated carbocycles. The fourth-order valence-corrected chi connectivity index (χ4v) is 2.80. The standard InChI is InChI=1S/C6H15O3P2/c1-3-5-10(7)9-11(8)6-4-2/h7H,3-6H2,1-2H3/q+1. The maximum absolute atomic E-state index is 10.9. The van der Waals surface area contributed by atoms with Crippen molar-refractivity contribution in [2.45, 2.75) is 26.7 Å². The monoisotopic (exact) mass is 197 g/mol. The lowest BCUT2D eigenvalue weighted by atomic mass is 10.6. The summed E-state index contributed by atoms with van der Waals surface area (Å²) in [6.45, 7) is 3.90. The quantitative estimate of drug-likeness (QED) is 0.666. The predicted molar refractivity (Wildman–Crippen MR) is 48.1 cm³/mol. The summed E-state index contributed by atoms with van der Waals surface area (Å²) >= 11 is 0. The molecule has 0 rings (SSSR count). The first-order chi connectivity index (χ1) is 5.20. The van der Waals surface area contributed by atoms with Crippen molar-refractivity contribution in [3.8, 4) is 0 Å². The second kappa shape index (κ2) is 7.12. The smallest absolute Gasteiger partial charge is 0.347 e. The molecule has 0 amide bonds. The van der Waals surface area contributed by atoms with E-state index in [2.05, 4.69) is 0 Å². The summed E-state index contributed by atoms with van der Waals surface area (Å²) in [4.78, 5) is 9.11. The van der Waals surface area contributed by atoms with E-state index in [1.165, 1.54) is 0 Å². The average Bonchev–Trinajstić information content (AvgIpc) is 1.87. The molecule has 0 aromatic carbocycles. The first-order valence-electron chi connectivity index (χ1n) is 3.79. The zero-order valence-electron chi connectivity index (χ0n) is 6.99. The number of hydrogen-bond acceptors (Lipinski definition) is 3. The molecule has 0 radical (unpaired) electrons. The van der Waals surface area contributed by atoms with Crippen molar-refractivity contribution in [1.29, 1.82) is 0 Å². The zero-order valence-corrected chi connectivity index (χ0v) is 8.78. The van der Waals surface area contributed by atoms with Gasteiger partial charge < -0.3 is 4.89 Å². The van der Waals surface area contributed by atoms with Gasteiger partial charge in [-0.25, -0.2) is 0 Å². The molecule has 0 aliphatic heterocycles. The topological polar surface area (TPSA) is 46.5 Å². The van der Waals surface area contributed by atoms with Gasteiger partial charge in [0.15, 0.2) is 6.16 Å². The van der Waals surface area contributed by atoms with Gasteiger partial charge in [-0.1, -0.05) is 18.2 Å². The number of hydrogen-bond donors (Lipinski definition) is 1. The minimum absolute atomic E-state index is 0.554. The van der Waals surface area contributed by atoms with Crippen molar-refractivity contribution in [3.63, 3.8) is 0 Å². The molecule has 11 heavy (non-hydrogen) atoms. The van der Waals surface area contributed by atoms with Crippen LogP contribution in [0.25, 0.3) is 0 Å². The Kier molecular flexibility index (Phi) is 7.41. The van der Waals surface area contributed by atoms with Crippen LogP contribution in [0.15, 0.2) is 0 Å². The van der Waals surface area contributed by atoms with Gasteiger partial charge in [-0.3, -0.25) is 0 Å². The maximum atomic E-state index is 10.9. The van der Waals surface area contributed by atoms with Crippen LogP contribution in [0, 0.1) is 0 Å². The van der Waals surface area contributed by atoms with Gasteiger partial charge >= 0.3 is 8.03 Å². The second-order valence-corrected chi connectivity index (χ2v) is 5.13. The summed E-state index contributed by atoms with van der Waals surface area (Å²) in [5, 5.41) is 0. The summed E-state index contributed by atoms with van der Waals surface area (Å²) in [7, 11) is -3.02. The minimum Gasteiger partial charge on any atom is -0.347 e. The Hall–Kier alpha value is 0.450. The van der Waals surface area contributed by atoms with Crippen LogP contribution >= 0.6 is 16.4 Å². The highest BCUT2D eigenvalue weighted by molar-refractivity contribution is 7.56. The van der Waals surface area contributed by atoms with Crippen LogP contribution in [0.1, 0.15) is 26.7 Å². The van der Waals surface area contributed by atoms with Gasteiger partial charge in [0.1, 0.15) is 0 Å². The molecule has 0 heterocycles. The van der Waals surface area contributed by atoms with Gasteiger partial charge in [0.2, 0.25) is 8.38 Å². The third kappa shape index (κ3) is 6.83. The Morgan fingerprint density at radius 2 is 2.09 bits per heavy atom. The Morgan fingerprint density at radius 3 is 2.55 bits per heavy atom. The van der Waals surface area contributed by atoms with Crippen LogP contribution in [0.2, 0.25) is 0 Å². The van der Waals surface area contributed by atoms with E-state index in [9.17, 15) is 4.57 Å². The van der Waals surface area contributed by atoms with Crippen molar-refractivity contribution in [1.82, 2.24) is 0 Å². The molecular weight excluding hydrogens is 182 g/mol. The lowest BCUT2D eigenvalue weighted by Crippen LogP contribution is -1.83. The molecule has 5 heteroatoms. The van der Waals surface area contributed by atoms with E-state index in [1.807, 2.05) is 13.8 Å². The Labute approximate surface area is 69.9 Å². The van der Waals surface area contributed by atoms with E-state index >= 15 is 0 Å². The molecule has 66 valence electrons. The zero-order chi connectivity index (χ0) is 8.69. The Balaban J connectivity index is 3.40. The van der Waals surface area contributed by atoms with E-state index in [0.29, 0.717) is 12.3 Å². The molecule has 1 N–H and O–H groups in total. The predicted octanol–water partition coefficient (Wildman–Crippen LogP) is 2.87. The summed E-state index contributed by atoms with van der Waals surface area (Å²) in [5.41, 5.74) is 0. The lowest BCUT2D eigenvalue weighted by molar-refractivity contribution is 0.472. The SMILES string of the molecule is CCCP(O)O[P+](=O)CCC. The van der Waals surface area contributed by atoms with Crippen molar-refractivity contribution < 1.29 is 13.8 Å². The number of rotatable bonds is 6. The van der Waals surface area contributed by atoms with Crippen LogP contribution in [0.3, 0.4) is 0 Å². The Morgan fingerprint density at radius 1 is 1.45 bits per heavy atom. The maximum Gasteiger partial charge on any atom is 0.513 e. The molecule has 0 aromatic heterocycles. The van der Waals surface area contributed by atoms with Gasteiger partial charge in [0, 0.05) is 6.16 Å². The molecule has 0 aliphatic rings. The summed E-state index contributed by atoms with van der Waals surface area (Å²) in [6, 6.07) is 0. The molecule has 2 unspecified atom stereocenters. The summed E-state index contributed by atoms with van der Waals surface area (Å²) in [5.74, 6) is 0. The van der Waals surface area contributed by atoms with Gasteiger partial charge in [-0.05, 0) is 17.4 Å². The first kappa shape index (κ1) is 11.4. The normalized spacial score (nSPS) is 14.6. The van der Waals surface area contributed by atoms with Gasteiger partial charge in [0.25, 0.3) is 0 Å². The molecule has 0 saturated heterocycles. The van der Waals surface area contributed by atoms with Gasteiger partial charge in [-0.2, -0.15) is 0 Å². The van der Waals surface area contributed by atoms with Gasteiger partial charge in [-0.15, -0.1) is 0 Å². The second-order valence-electron chi connectivity index (χ2n) is 2.21. The minimum atomic E-state index is -1.60. The largest absolute Gasteiger partial charge is 0.513 e. The van der Waals surface area contributed by atoms with Crippen LogP contribution in [-0.2, 0) is 8.88 Å². The first-order valence-corrected chi connectivity index (χ1v) is 6.55. The molecule has 2 atom stereocenters. The van der Waals surface area contributed by atoms with E-state index in [0.717, 1.165) is 12.8 Å². The van der Waals surface area contributed by atoms with Crippen LogP contribution < -0.4 is 0 Å². The van der Waals surface area contributed by atoms with Crippen molar-refractivity contribution >= 4 is 16.4 Å². The van der Waals surface area contributed by atoms with Crippen molar-refractivity contribution in [2.24, 2.45) is 0 Å². The molecule has 0 aliphatic carbocycles. The summed E-state index contributed by atoms with van der Waals surface area (Å²) in [6.07, 6.45) is 2.89. The van der Waals surface area contributed by atoms with E-state index in [1.54, 1.807) is 0 Å². The molecule has 0 aromatic rings. The van der Waals surface area contributed by atoms with Crippen LogP contribution in [-0.4, -0.2) is 17.2 Å². The van der Waals surface area contributed by atoms with E-state index < -0.39 is 16.4 Å². The van der Waals surface area contributed by atoms with Crippen LogP contribution in [0.4, 0.5) is 0 Å². The average molecular weight is 197 g/mol. The van der Waals surface area contributed by atoms with Gasteiger partial charge in [0.05, 0.1) is 0 Å². The molecule has 0 spiro atoms. The third-order valence-corrected chi connectivity index (χ3v) is 4.13. The molecular formula is C6H15O3P2+. The highest BCUT2D eigenvalue weighted by Crippen LogP contribution is 2.43. The van der Waals surface area contributed by atoms with Crippen molar-refractivity contribution in [2.75, 3.05) is 12.3 Å². The molecule has 3 nitrogen and oxygen atoms in total. The highest BCUT2D eigenvalue weighted by Gasteiger charge is 2.21. The molecule has 0 fully saturated rings. The van der Waals surface area contributed by atoms with E-state index in [-0.39, 0.29) is 0 Å². The molecule has 0 bridgehead atoms. The summed E-state index contributed by atoms with van der Waals surface area (Å²) < 4.78 is 15.8.